The summed E-state index contributed by atoms with van der Waals surface area (Å²) in [7, 11) is 0. The van der Waals surface area contributed by atoms with Crippen LogP contribution in [-0.4, -0.2) is 41.3 Å². The van der Waals surface area contributed by atoms with Gasteiger partial charge < -0.3 is 10.4 Å². The third-order valence-electron chi connectivity index (χ3n) is 4.76. The number of hydrogen-bond acceptors (Lipinski definition) is 3. The maximum Gasteiger partial charge on any atom is 0.0695 e. The van der Waals surface area contributed by atoms with Crippen LogP contribution in [0.5, 0.6) is 0 Å². The van der Waals surface area contributed by atoms with Crippen molar-refractivity contribution >= 4 is 5.69 Å². The van der Waals surface area contributed by atoms with Crippen molar-refractivity contribution in [2.75, 3.05) is 18.4 Å². The summed E-state index contributed by atoms with van der Waals surface area (Å²) in [6.45, 7) is 2.21. The molecule has 1 saturated heterocycles. The Morgan fingerprint density at radius 3 is 2.60 bits per heavy atom. The van der Waals surface area contributed by atoms with E-state index in [1.165, 1.54) is 37.8 Å². The number of nitrogens with zero attached hydrogens (tertiary/aromatic N) is 1. The third kappa shape index (κ3) is 3.33. The van der Waals surface area contributed by atoms with E-state index in [0.717, 1.165) is 19.5 Å². The van der Waals surface area contributed by atoms with E-state index >= 15 is 0 Å². The van der Waals surface area contributed by atoms with Crippen LogP contribution in [0, 0.1) is 0 Å². The molecule has 3 nitrogen and oxygen atoms in total. The molecular weight excluding hydrogens is 248 g/mol. The summed E-state index contributed by atoms with van der Waals surface area (Å²) in [6, 6.07) is 11.4. The van der Waals surface area contributed by atoms with Gasteiger partial charge in [0.2, 0.25) is 0 Å². The second-order valence-electron chi connectivity index (χ2n) is 6.26. The Bertz CT molecular complexity index is 409. The average Bonchev–Trinajstić information content (AvgIpc) is 2.49. The lowest BCUT2D eigenvalue weighted by Crippen LogP contribution is -2.52. The Morgan fingerprint density at radius 1 is 1.00 bits per heavy atom. The lowest BCUT2D eigenvalue weighted by Gasteiger charge is -2.42. The van der Waals surface area contributed by atoms with Crippen molar-refractivity contribution in [3.05, 3.63) is 30.3 Å². The van der Waals surface area contributed by atoms with Crippen molar-refractivity contribution < 1.29 is 5.11 Å². The first kappa shape index (κ1) is 13.9. The lowest BCUT2D eigenvalue weighted by atomic mass is 9.89. The smallest absolute Gasteiger partial charge is 0.0695 e. The second-order valence-corrected chi connectivity index (χ2v) is 6.26. The average molecular weight is 274 g/mol. The fourth-order valence-electron chi connectivity index (χ4n) is 3.71. The molecule has 0 amide bonds. The maximum atomic E-state index is 10.2. The largest absolute Gasteiger partial charge is 0.391 e. The van der Waals surface area contributed by atoms with Gasteiger partial charge in [-0.15, -0.1) is 0 Å². The number of para-hydroxylation sites is 1. The fourth-order valence-corrected chi connectivity index (χ4v) is 3.71. The molecule has 1 aliphatic carbocycles. The molecule has 110 valence electrons. The first-order chi connectivity index (χ1) is 9.83. The number of piperidine rings is 1. The summed E-state index contributed by atoms with van der Waals surface area (Å²) in [5.41, 5.74) is 1.21. The van der Waals surface area contributed by atoms with Crippen molar-refractivity contribution in [3.8, 4) is 0 Å². The molecule has 3 unspecified atom stereocenters. The minimum absolute atomic E-state index is 0.112. The van der Waals surface area contributed by atoms with Crippen LogP contribution in [-0.2, 0) is 0 Å². The zero-order valence-corrected chi connectivity index (χ0v) is 12.2. The standard InChI is InChI=1S/C17H26N2O/c20-17-11-5-4-10-16(17)19-12-6-9-15(13-19)18-14-7-2-1-3-8-14/h1-3,7-8,15-18,20H,4-6,9-13H2. The van der Waals surface area contributed by atoms with E-state index in [1.54, 1.807) is 0 Å². The van der Waals surface area contributed by atoms with Gasteiger partial charge in [0.1, 0.15) is 0 Å². The maximum absolute atomic E-state index is 10.2. The Hall–Kier alpha value is -1.06. The van der Waals surface area contributed by atoms with Crippen molar-refractivity contribution in [3.63, 3.8) is 0 Å². The van der Waals surface area contributed by atoms with E-state index in [1.807, 2.05) is 0 Å². The summed E-state index contributed by atoms with van der Waals surface area (Å²) >= 11 is 0. The van der Waals surface area contributed by atoms with Crippen LogP contribution < -0.4 is 5.32 Å². The van der Waals surface area contributed by atoms with Gasteiger partial charge in [-0.1, -0.05) is 31.0 Å². The van der Waals surface area contributed by atoms with Crippen LogP contribution in [0.15, 0.2) is 30.3 Å². The van der Waals surface area contributed by atoms with Gasteiger partial charge in [-0.05, 0) is 44.4 Å². The summed E-state index contributed by atoms with van der Waals surface area (Å²) in [6.07, 6.45) is 6.96. The van der Waals surface area contributed by atoms with Gasteiger partial charge in [-0.3, -0.25) is 4.90 Å². The van der Waals surface area contributed by atoms with Gasteiger partial charge in [0, 0.05) is 24.3 Å². The van der Waals surface area contributed by atoms with Gasteiger partial charge >= 0.3 is 0 Å². The van der Waals surface area contributed by atoms with E-state index in [0.29, 0.717) is 12.1 Å². The van der Waals surface area contributed by atoms with Crippen LogP contribution in [0.4, 0.5) is 5.69 Å². The van der Waals surface area contributed by atoms with Gasteiger partial charge in [0.15, 0.2) is 0 Å². The molecule has 3 heteroatoms. The van der Waals surface area contributed by atoms with E-state index < -0.39 is 0 Å². The highest BCUT2D eigenvalue weighted by Gasteiger charge is 2.31. The number of hydrogen-bond donors (Lipinski definition) is 2. The zero-order valence-electron chi connectivity index (χ0n) is 12.2. The number of benzene rings is 1. The molecule has 20 heavy (non-hydrogen) atoms. The van der Waals surface area contributed by atoms with E-state index in [-0.39, 0.29) is 6.10 Å². The first-order valence-corrected chi connectivity index (χ1v) is 8.06. The summed E-state index contributed by atoms with van der Waals surface area (Å²) in [4.78, 5) is 2.52. The molecule has 1 aromatic carbocycles. The molecule has 3 rings (SSSR count). The molecule has 1 aromatic rings. The number of rotatable bonds is 3. The Balaban J connectivity index is 1.58. The fraction of sp³-hybridized carbons (Fsp3) is 0.647. The van der Waals surface area contributed by atoms with Crippen LogP contribution in [0.25, 0.3) is 0 Å². The van der Waals surface area contributed by atoms with Crippen molar-refractivity contribution in [2.45, 2.75) is 56.7 Å². The third-order valence-corrected chi connectivity index (χ3v) is 4.76. The summed E-state index contributed by atoms with van der Waals surface area (Å²) < 4.78 is 0. The quantitative estimate of drug-likeness (QED) is 0.889. The highest BCUT2D eigenvalue weighted by molar-refractivity contribution is 5.43. The molecular formula is C17H26N2O. The molecule has 1 heterocycles. The van der Waals surface area contributed by atoms with Gasteiger partial charge in [0.25, 0.3) is 0 Å². The molecule has 2 N–H and O–H groups in total. The van der Waals surface area contributed by atoms with Crippen molar-refractivity contribution in [2.24, 2.45) is 0 Å². The number of aliphatic hydroxyl groups excluding tert-OH is 1. The van der Waals surface area contributed by atoms with E-state index in [4.69, 9.17) is 0 Å². The van der Waals surface area contributed by atoms with Gasteiger partial charge in [-0.2, -0.15) is 0 Å². The Morgan fingerprint density at radius 2 is 1.80 bits per heavy atom. The highest BCUT2D eigenvalue weighted by Crippen LogP contribution is 2.26. The molecule has 2 aliphatic rings. The molecule has 1 aliphatic heterocycles. The Labute approximate surface area is 122 Å². The molecule has 0 bridgehead atoms. The first-order valence-electron chi connectivity index (χ1n) is 8.06. The SMILES string of the molecule is OC1CCCCC1N1CCCC(Nc2ccccc2)C1. The predicted molar refractivity (Wildman–Crippen MR) is 82.9 cm³/mol. The van der Waals surface area contributed by atoms with Crippen LogP contribution in [0.2, 0.25) is 0 Å². The Kier molecular flexibility index (Phi) is 4.58. The van der Waals surface area contributed by atoms with E-state index in [9.17, 15) is 5.11 Å². The van der Waals surface area contributed by atoms with Gasteiger partial charge in [0.05, 0.1) is 6.10 Å². The minimum Gasteiger partial charge on any atom is -0.391 e. The minimum atomic E-state index is -0.112. The topological polar surface area (TPSA) is 35.5 Å². The predicted octanol–water partition coefficient (Wildman–Crippen LogP) is 2.87. The summed E-state index contributed by atoms with van der Waals surface area (Å²) in [5.74, 6) is 0. The molecule has 3 atom stereocenters. The lowest BCUT2D eigenvalue weighted by molar-refractivity contribution is 0.00923. The van der Waals surface area contributed by atoms with Gasteiger partial charge in [-0.25, -0.2) is 0 Å². The number of likely N-dealkylation sites (tertiary alicyclic amines) is 1. The number of nitrogens with one attached hydrogen (secondary N) is 1. The van der Waals surface area contributed by atoms with Crippen LogP contribution >= 0.6 is 0 Å². The molecule has 0 radical (unpaired) electrons. The second kappa shape index (κ2) is 6.59. The monoisotopic (exact) mass is 274 g/mol. The van der Waals surface area contributed by atoms with Crippen LogP contribution in [0.3, 0.4) is 0 Å². The molecule has 2 fully saturated rings. The van der Waals surface area contributed by atoms with Crippen LogP contribution in [0.1, 0.15) is 38.5 Å². The highest BCUT2D eigenvalue weighted by atomic mass is 16.3. The number of anilines is 1. The number of aliphatic hydroxyl groups is 1. The molecule has 0 aromatic heterocycles. The van der Waals surface area contributed by atoms with E-state index in [2.05, 4.69) is 40.5 Å². The normalized spacial score (nSPS) is 31.9. The van der Waals surface area contributed by atoms with Crippen molar-refractivity contribution in [1.82, 2.24) is 4.90 Å². The molecule has 0 spiro atoms. The van der Waals surface area contributed by atoms with Crippen molar-refractivity contribution in [1.29, 1.82) is 0 Å². The molecule has 1 saturated carbocycles. The zero-order chi connectivity index (χ0) is 13.8. The summed E-state index contributed by atoms with van der Waals surface area (Å²) in [5, 5.41) is 13.9.